The molecule has 0 atom stereocenters. The molecule has 1 fully saturated rings. The molecule has 5 heteroatoms. The smallest absolute Gasteiger partial charge is 0.0939 e. The van der Waals surface area contributed by atoms with Crippen LogP contribution in [0.15, 0.2) is 24.3 Å². The molecule has 3 rings (SSSR count). The lowest BCUT2D eigenvalue weighted by Gasteiger charge is -2.20. The average Bonchev–Trinajstić information content (AvgIpc) is 2.92. The van der Waals surface area contributed by atoms with Crippen LogP contribution in [0.4, 0.5) is 0 Å². The molecule has 0 radical (unpaired) electrons. The van der Waals surface area contributed by atoms with E-state index in [4.69, 9.17) is 23.2 Å². The monoisotopic (exact) mass is 295 g/mol. The SMILES string of the molecule is Clc1cccc(-c2cc(C3CCNCC3)[nH]n2)c1Cl. The molecule has 1 saturated heterocycles. The molecule has 100 valence electrons. The third kappa shape index (κ3) is 2.64. The number of H-pyrrole nitrogens is 1. The van der Waals surface area contributed by atoms with Crippen LogP contribution < -0.4 is 5.32 Å². The largest absolute Gasteiger partial charge is 0.317 e. The number of halogens is 2. The van der Waals surface area contributed by atoms with Gasteiger partial charge in [-0.15, -0.1) is 0 Å². The minimum absolute atomic E-state index is 0.556. The van der Waals surface area contributed by atoms with Gasteiger partial charge in [0, 0.05) is 17.2 Å². The fourth-order valence-corrected chi connectivity index (χ4v) is 2.92. The van der Waals surface area contributed by atoms with E-state index in [2.05, 4.69) is 21.6 Å². The maximum atomic E-state index is 6.23. The number of piperidine rings is 1. The molecular weight excluding hydrogens is 281 g/mol. The van der Waals surface area contributed by atoms with Crippen molar-refractivity contribution in [3.8, 4) is 11.3 Å². The Morgan fingerprint density at radius 3 is 2.74 bits per heavy atom. The van der Waals surface area contributed by atoms with Crippen molar-refractivity contribution in [2.75, 3.05) is 13.1 Å². The van der Waals surface area contributed by atoms with E-state index in [-0.39, 0.29) is 0 Å². The summed E-state index contributed by atoms with van der Waals surface area (Å²) >= 11 is 12.3. The predicted molar refractivity (Wildman–Crippen MR) is 78.9 cm³/mol. The molecule has 2 heterocycles. The van der Waals surface area contributed by atoms with Gasteiger partial charge in [0.2, 0.25) is 0 Å². The normalized spacial score (nSPS) is 16.7. The first kappa shape index (κ1) is 13.0. The van der Waals surface area contributed by atoms with Crippen molar-refractivity contribution < 1.29 is 0 Å². The van der Waals surface area contributed by atoms with Crippen molar-refractivity contribution in [1.82, 2.24) is 15.5 Å². The Kier molecular flexibility index (Phi) is 3.78. The summed E-state index contributed by atoms with van der Waals surface area (Å²) in [6, 6.07) is 7.71. The van der Waals surface area contributed by atoms with Gasteiger partial charge in [0.25, 0.3) is 0 Å². The second kappa shape index (κ2) is 5.53. The number of nitrogens with zero attached hydrogens (tertiary/aromatic N) is 1. The summed E-state index contributed by atoms with van der Waals surface area (Å²) in [4.78, 5) is 0. The summed E-state index contributed by atoms with van der Waals surface area (Å²) < 4.78 is 0. The molecule has 0 saturated carbocycles. The number of rotatable bonds is 2. The van der Waals surface area contributed by atoms with Gasteiger partial charge in [-0.25, -0.2) is 0 Å². The maximum absolute atomic E-state index is 6.23. The van der Waals surface area contributed by atoms with Crippen LogP contribution in [0.3, 0.4) is 0 Å². The van der Waals surface area contributed by atoms with E-state index < -0.39 is 0 Å². The first-order valence-electron chi connectivity index (χ1n) is 6.46. The molecule has 0 spiro atoms. The average molecular weight is 296 g/mol. The molecule has 19 heavy (non-hydrogen) atoms. The lowest BCUT2D eigenvalue weighted by atomic mass is 9.94. The van der Waals surface area contributed by atoms with Gasteiger partial charge in [-0.1, -0.05) is 35.3 Å². The lowest BCUT2D eigenvalue weighted by Crippen LogP contribution is -2.26. The third-order valence-corrected chi connectivity index (χ3v) is 4.42. The van der Waals surface area contributed by atoms with Crippen molar-refractivity contribution in [2.24, 2.45) is 0 Å². The molecule has 1 aromatic heterocycles. The second-order valence-electron chi connectivity index (χ2n) is 4.83. The van der Waals surface area contributed by atoms with Gasteiger partial charge >= 0.3 is 0 Å². The zero-order valence-electron chi connectivity index (χ0n) is 10.4. The van der Waals surface area contributed by atoms with Gasteiger partial charge in [-0.3, -0.25) is 5.10 Å². The van der Waals surface area contributed by atoms with E-state index in [0.29, 0.717) is 16.0 Å². The van der Waals surface area contributed by atoms with Crippen molar-refractivity contribution >= 4 is 23.2 Å². The Labute approximate surface area is 122 Å². The highest BCUT2D eigenvalue weighted by atomic mass is 35.5. The van der Waals surface area contributed by atoms with Crippen LogP contribution in [-0.2, 0) is 0 Å². The zero-order chi connectivity index (χ0) is 13.2. The number of benzene rings is 1. The molecule has 1 aromatic carbocycles. The van der Waals surface area contributed by atoms with E-state index in [1.54, 1.807) is 6.07 Å². The minimum atomic E-state index is 0.556. The molecule has 0 bridgehead atoms. The topological polar surface area (TPSA) is 40.7 Å². The highest BCUT2D eigenvalue weighted by Crippen LogP contribution is 2.34. The van der Waals surface area contributed by atoms with Crippen LogP contribution in [0.25, 0.3) is 11.3 Å². The highest BCUT2D eigenvalue weighted by Gasteiger charge is 2.18. The summed E-state index contributed by atoms with van der Waals surface area (Å²) in [5.41, 5.74) is 2.93. The van der Waals surface area contributed by atoms with Gasteiger partial charge in [0.15, 0.2) is 0 Å². The van der Waals surface area contributed by atoms with Crippen molar-refractivity contribution in [3.05, 3.63) is 40.0 Å². The van der Waals surface area contributed by atoms with E-state index in [1.165, 1.54) is 5.69 Å². The molecule has 0 aliphatic carbocycles. The van der Waals surface area contributed by atoms with Crippen molar-refractivity contribution in [3.63, 3.8) is 0 Å². The number of hydrogen-bond acceptors (Lipinski definition) is 2. The molecule has 0 amide bonds. The van der Waals surface area contributed by atoms with E-state index >= 15 is 0 Å². The zero-order valence-corrected chi connectivity index (χ0v) is 11.9. The first-order valence-corrected chi connectivity index (χ1v) is 7.21. The van der Waals surface area contributed by atoms with Gasteiger partial charge in [0.1, 0.15) is 0 Å². The fourth-order valence-electron chi connectivity index (χ4n) is 2.52. The number of hydrogen-bond donors (Lipinski definition) is 2. The van der Waals surface area contributed by atoms with Gasteiger partial charge < -0.3 is 5.32 Å². The third-order valence-electron chi connectivity index (χ3n) is 3.60. The van der Waals surface area contributed by atoms with E-state index in [1.807, 2.05) is 12.1 Å². The Morgan fingerprint density at radius 2 is 1.95 bits per heavy atom. The summed E-state index contributed by atoms with van der Waals surface area (Å²) in [5, 5.41) is 12.0. The minimum Gasteiger partial charge on any atom is -0.317 e. The predicted octanol–water partition coefficient (Wildman–Crippen LogP) is 3.85. The number of aromatic amines is 1. The second-order valence-corrected chi connectivity index (χ2v) is 5.62. The first-order chi connectivity index (χ1) is 9.25. The van der Waals surface area contributed by atoms with Gasteiger partial charge in [0.05, 0.1) is 15.7 Å². The van der Waals surface area contributed by atoms with Crippen LogP contribution in [0.2, 0.25) is 10.0 Å². The fraction of sp³-hybridized carbons (Fsp3) is 0.357. The van der Waals surface area contributed by atoms with Crippen LogP contribution in [0, 0.1) is 0 Å². The standard InChI is InChI=1S/C14H15Cl2N3/c15-11-3-1-2-10(14(11)16)13-8-12(18-19-13)9-4-6-17-7-5-9/h1-3,8-9,17H,4-7H2,(H,18,19). The van der Waals surface area contributed by atoms with Gasteiger partial charge in [-0.2, -0.15) is 5.10 Å². The molecule has 0 unspecified atom stereocenters. The van der Waals surface area contributed by atoms with Crippen LogP contribution in [0.5, 0.6) is 0 Å². The molecule has 1 aliphatic rings. The van der Waals surface area contributed by atoms with Crippen LogP contribution >= 0.6 is 23.2 Å². The quantitative estimate of drug-likeness (QED) is 0.883. The maximum Gasteiger partial charge on any atom is 0.0939 e. The van der Waals surface area contributed by atoms with Crippen molar-refractivity contribution in [2.45, 2.75) is 18.8 Å². The summed E-state index contributed by atoms with van der Waals surface area (Å²) in [6.07, 6.45) is 2.29. The number of aromatic nitrogens is 2. The molecule has 3 nitrogen and oxygen atoms in total. The Balaban J connectivity index is 1.90. The van der Waals surface area contributed by atoms with E-state index in [0.717, 1.165) is 37.2 Å². The van der Waals surface area contributed by atoms with Crippen LogP contribution in [0.1, 0.15) is 24.5 Å². The van der Waals surface area contributed by atoms with Crippen molar-refractivity contribution in [1.29, 1.82) is 0 Å². The molecule has 2 aromatic rings. The van der Waals surface area contributed by atoms with E-state index in [9.17, 15) is 0 Å². The summed E-state index contributed by atoms with van der Waals surface area (Å²) in [6.45, 7) is 2.13. The van der Waals surface area contributed by atoms with Gasteiger partial charge in [-0.05, 0) is 38.1 Å². The highest BCUT2D eigenvalue weighted by molar-refractivity contribution is 6.43. The van der Waals surface area contributed by atoms with Crippen LogP contribution in [-0.4, -0.2) is 23.3 Å². The Hall–Kier alpha value is -1.03. The Morgan fingerprint density at radius 1 is 1.16 bits per heavy atom. The molecule has 1 aliphatic heterocycles. The molecular formula is C14H15Cl2N3. The Bertz CT molecular complexity index is 574. The summed E-state index contributed by atoms with van der Waals surface area (Å²) in [7, 11) is 0. The number of nitrogens with one attached hydrogen (secondary N) is 2. The summed E-state index contributed by atoms with van der Waals surface area (Å²) in [5.74, 6) is 0.556. The molecule has 2 N–H and O–H groups in total. The lowest BCUT2D eigenvalue weighted by molar-refractivity contribution is 0.453.